The number of aliphatic hydroxyl groups is 1. The molecule has 0 bridgehead atoms. The second-order valence-corrected chi connectivity index (χ2v) is 5.68. The predicted octanol–water partition coefficient (Wildman–Crippen LogP) is 2.65. The third-order valence-electron chi connectivity index (χ3n) is 4.62. The van der Waals surface area contributed by atoms with Gasteiger partial charge < -0.3 is 15.2 Å². The van der Waals surface area contributed by atoms with Gasteiger partial charge in [-0.3, -0.25) is 0 Å². The summed E-state index contributed by atoms with van der Waals surface area (Å²) >= 11 is 0. The average molecular weight is 281 g/mol. The minimum atomic E-state index is -0.277. The number of hydrogen-bond donors (Lipinski definition) is 2. The van der Waals surface area contributed by atoms with Gasteiger partial charge in [0.2, 0.25) is 0 Å². The lowest BCUT2D eigenvalue weighted by Crippen LogP contribution is -2.49. The van der Waals surface area contributed by atoms with Gasteiger partial charge in [-0.1, -0.05) is 18.6 Å². The topological polar surface area (TPSA) is 41.5 Å². The van der Waals surface area contributed by atoms with Crippen molar-refractivity contribution in [1.82, 2.24) is 5.32 Å². The Morgan fingerprint density at radius 1 is 1.50 bits per heavy atom. The molecule has 1 aliphatic carbocycles. The van der Waals surface area contributed by atoms with Crippen LogP contribution < -0.4 is 10.1 Å². The molecule has 2 unspecified atom stereocenters. The highest BCUT2D eigenvalue weighted by molar-refractivity contribution is 5.30. The van der Waals surface area contributed by atoms with Gasteiger partial charge in [0.1, 0.15) is 0 Å². The maximum atomic E-state index is 13.8. The van der Waals surface area contributed by atoms with Gasteiger partial charge in [0, 0.05) is 5.54 Å². The first-order valence-electron chi connectivity index (χ1n) is 7.30. The molecule has 0 heterocycles. The predicted molar refractivity (Wildman–Crippen MR) is 77.5 cm³/mol. The first-order valence-corrected chi connectivity index (χ1v) is 7.30. The van der Waals surface area contributed by atoms with E-state index in [0.717, 1.165) is 25.7 Å². The van der Waals surface area contributed by atoms with Crippen LogP contribution in [-0.4, -0.2) is 30.9 Å². The second-order valence-electron chi connectivity index (χ2n) is 5.68. The third-order valence-corrected chi connectivity index (χ3v) is 4.62. The Kier molecular flexibility index (Phi) is 5.00. The molecule has 20 heavy (non-hydrogen) atoms. The first kappa shape index (κ1) is 15.3. The van der Waals surface area contributed by atoms with Crippen LogP contribution in [0, 0.1) is 18.7 Å². The zero-order valence-corrected chi connectivity index (χ0v) is 12.3. The number of aliphatic hydroxyl groups excluding tert-OH is 1. The fraction of sp³-hybridized carbons (Fsp3) is 0.625. The van der Waals surface area contributed by atoms with E-state index in [1.165, 1.54) is 0 Å². The van der Waals surface area contributed by atoms with Crippen LogP contribution in [0.25, 0.3) is 0 Å². The molecule has 0 spiro atoms. The van der Waals surface area contributed by atoms with Crippen LogP contribution in [0.1, 0.15) is 31.2 Å². The molecule has 0 aliphatic heterocycles. The summed E-state index contributed by atoms with van der Waals surface area (Å²) in [7, 11) is 1.90. The molecule has 2 N–H and O–H groups in total. The van der Waals surface area contributed by atoms with Gasteiger partial charge >= 0.3 is 0 Å². The van der Waals surface area contributed by atoms with E-state index in [1.807, 2.05) is 7.05 Å². The molecule has 1 fully saturated rings. The molecule has 1 aromatic rings. The van der Waals surface area contributed by atoms with Gasteiger partial charge in [-0.25, -0.2) is 4.39 Å². The Bertz CT molecular complexity index is 446. The number of ether oxygens (including phenoxy) is 1. The summed E-state index contributed by atoms with van der Waals surface area (Å²) in [5.41, 5.74) is 0.414. The second kappa shape index (κ2) is 6.55. The van der Waals surface area contributed by atoms with Crippen LogP contribution in [0.15, 0.2) is 18.2 Å². The fourth-order valence-corrected chi connectivity index (χ4v) is 3.22. The molecular weight excluding hydrogens is 257 g/mol. The Morgan fingerprint density at radius 3 is 3.00 bits per heavy atom. The van der Waals surface area contributed by atoms with Crippen LogP contribution in [0.3, 0.4) is 0 Å². The molecular formula is C16H24FNO2. The average Bonchev–Trinajstić information content (AvgIpc) is 2.87. The normalized spacial score (nSPS) is 25.9. The van der Waals surface area contributed by atoms with Crippen LogP contribution in [0.4, 0.5) is 4.39 Å². The van der Waals surface area contributed by atoms with E-state index in [0.29, 0.717) is 23.8 Å². The van der Waals surface area contributed by atoms with E-state index in [-0.39, 0.29) is 18.0 Å². The van der Waals surface area contributed by atoms with Gasteiger partial charge in [0.15, 0.2) is 11.6 Å². The smallest absolute Gasteiger partial charge is 0.167 e. The molecule has 1 aromatic carbocycles. The van der Waals surface area contributed by atoms with Gasteiger partial charge in [-0.05, 0) is 50.8 Å². The Balaban J connectivity index is 1.91. The minimum Gasteiger partial charge on any atom is -0.490 e. The molecule has 3 nitrogen and oxygen atoms in total. The van der Waals surface area contributed by atoms with E-state index in [4.69, 9.17) is 4.74 Å². The minimum absolute atomic E-state index is 0.146. The first-order chi connectivity index (χ1) is 9.63. The van der Waals surface area contributed by atoms with Crippen molar-refractivity contribution in [2.45, 2.75) is 38.1 Å². The van der Waals surface area contributed by atoms with Crippen molar-refractivity contribution in [3.63, 3.8) is 0 Å². The lowest BCUT2D eigenvalue weighted by molar-refractivity contribution is 0.116. The number of aryl methyl sites for hydroxylation is 1. The SMILES string of the molecule is CNC1(CO)CCCC1CCOc1cccc(C)c1F. The van der Waals surface area contributed by atoms with Crippen LogP contribution >= 0.6 is 0 Å². The zero-order chi connectivity index (χ0) is 14.6. The van der Waals surface area contributed by atoms with E-state index < -0.39 is 0 Å². The number of benzene rings is 1. The molecule has 0 radical (unpaired) electrons. The Morgan fingerprint density at radius 2 is 2.30 bits per heavy atom. The maximum absolute atomic E-state index is 13.8. The van der Waals surface area contributed by atoms with Crippen LogP contribution in [0.2, 0.25) is 0 Å². The molecule has 2 atom stereocenters. The Hall–Kier alpha value is -1.13. The summed E-state index contributed by atoms with van der Waals surface area (Å²) in [5.74, 6) is 0.424. The number of halogens is 1. The standard InChI is InChI=1S/C16H24FNO2/c1-12-5-3-7-14(15(12)17)20-10-8-13-6-4-9-16(13,11-19)18-2/h3,5,7,13,18-19H,4,6,8-11H2,1-2H3. The van der Waals surface area contributed by atoms with Crippen molar-refractivity contribution in [2.75, 3.05) is 20.3 Å². The maximum Gasteiger partial charge on any atom is 0.167 e. The van der Waals surface area contributed by atoms with Gasteiger partial charge in [0.05, 0.1) is 13.2 Å². The number of rotatable bonds is 6. The van der Waals surface area contributed by atoms with Gasteiger partial charge in [0.25, 0.3) is 0 Å². The van der Waals surface area contributed by atoms with Crippen molar-refractivity contribution in [2.24, 2.45) is 5.92 Å². The van der Waals surface area contributed by atoms with Crippen molar-refractivity contribution in [3.8, 4) is 5.75 Å². The van der Waals surface area contributed by atoms with Crippen LogP contribution in [0.5, 0.6) is 5.75 Å². The summed E-state index contributed by atoms with van der Waals surface area (Å²) in [4.78, 5) is 0. The van der Waals surface area contributed by atoms with E-state index >= 15 is 0 Å². The largest absolute Gasteiger partial charge is 0.490 e. The summed E-state index contributed by atoms with van der Waals surface area (Å²) in [6.07, 6.45) is 4.02. The lowest BCUT2D eigenvalue weighted by Gasteiger charge is -2.33. The van der Waals surface area contributed by atoms with Crippen molar-refractivity contribution < 1.29 is 14.2 Å². The quantitative estimate of drug-likeness (QED) is 0.842. The van der Waals surface area contributed by atoms with E-state index in [2.05, 4.69) is 5.32 Å². The zero-order valence-electron chi connectivity index (χ0n) is 12.3. The van der Waals surface area contributed by atoms with Crippen molar-refractivity contribution in [3.05, 3.63) is 29.6 Å². The number of likely N-dealkylation sites (N-methyl/N-ethyl adjacent to an activating group) is 1. The molecule has 0 amide bonds. The van der Waals surface area contributed by atoms with Gasteiger partial charge in [-0.15, -0.1) is 0 Å². The van der Waals surface area contributed by atoms with Crippen LogP contribution in [-0.2, 0) is 0 Å². The molecule has 0 saturated heterocycles. The molecule has 2 rings (SSSR count). The monoisotopic (exact) mass is 281 g/mol. The summed E-state index contributed by atoms with van der Waals surface area (Å²) in [6.45, 7) is 2.36. The van der Waals surface area contributed by atoms with Crippen molar-refractivity contribution in [1.29, 1.82) is 0 Å². The lowest BCUT2D eigenvalue weighted by atomic mass is 9.86. The molecule has 112 valence electrons. The van der Waals surface area contributed by atoms with Crippen molar-refractivity contribution >= 4 is 0 Å². The molecule has 4 heteroatoms. The summed E-state index contributed by atoms with van der Waals surface area (Å²) in [6, 6.07) is 5.19. The summed E-state index contributed by atoms with van der Waals surface area (Å²) < 4.78 is 19.4. The number of nitrogens with one attached hydrogen (secondary N) is 1. The molecule has 1 aliphatic rings. The van der Waals surface area contributed by atoms with E-state index in [9.17, 15) is 9.50 Å². The highest BCUT2D eigenvalue weighted by Crippen LogP contribution is 2.37. The van der Waals surface area contributed by atoms with Gasteiger partial charge in [-0.2, -0.15) is 0 Å². The van der Waals surface area contributed by atoms with E-state index in [1.54, 1.807) is 25.1 Å². The highest BCUT2D eigenvalue weighted by atomic mass is 19.1. The third kappa shape index (κ3) is 2.96. The molecule has 1 saturated carbocycles. The number of hydrogen-bond acceptors (Lipinski definition) is 3. The fourth-order valence-electron chi connectivity index (χ4n) is 3.22. The Labute approximate surface area is 120 Å². The molecule has 0 aromatic heterocycles. The highest BCUT2D eigenvalue weighted by Gasteiger charge is 2.40. The summed E-state index contributed by atoms with van der Waals surface area (Å²) in [5, 5.41) is 12.9.